The van der Waals surface area contributed by atoms with Crippen molar-refractivity contribution < 1.29 is 0 Å². The minimum Gasteiger partial charge on any atom is -0.0766 e. The zero-order chi connectivity index (χ0) is 13.1. The second kappa shape index (κ2) is 5.15. The van der Waals surface area contributed by atoms with Crippen LogP contribution in [0.4, 0.5) is 0 Å². The summed E-state index contributed by atoms with van der Waals surface area (Å²) in [4.78, 5) is 0. The molecule has 0 aromatic heterocycles. The Balaban J connectivity index is 2.17. The van der Waals surface area contributed by atoms with Gasteiger partial charge in [0.1, 0.15) is 17.9 Å². The maximum absolute atomic E-state index is 2.44. The summed E-state index contributed by atoms with van der Waals surface area (Å²) in [5.41, 5.74) is 0. The molecule has 1 heteroatoms. The zero-order valence-corrected chi connectivity index (χ0v) is 12.1. The van der Waals surface area contributed by atoms with Gasteiger partial charge in [-0.25, -0.2) is 0 Å². The van der Waals surface area contributed by atoms with Crippen LogP contribution in [0.2, 0.25) is 0 Å². The monoisotopic (exact) mass is 265 g/mol. The fraction of sp³-hybridized carbons (Fsp3) is 0.111. The van der Waals surface area contributed by atoms with Gasteiger partial charge in [0.05, 0.1) is 12.0 Å². The van der Waals surface area contributed by atoms with E-state index in [1.165, 1.54) is 10.6 Å². The van der Waals surface area contributed by atoms with Crippen LogP contribution >= 0.6 is 7.26 Å². The Labute approximate surface area is 115 Å². The van der Waals surface area contributed by atoms with Crippen LogP contribution in [0.1, 0.15) is 6.42 Å². The third-order valence-electron chi connectivity index (χ3n) is 3.87. The van der Waals surface area contributed by atoms with E-state index >= 15 is 0 Å². The van der Waals surface area contributed by atoms with E-state index in [0.717, 1.165) is 6.42 Å². The minimum absolute atomic E-state index is 1.09. The summed E-state index contributed by atoms with van der Waals surface area (Å²) in [6.07, 6.45) is 7.86. The molecular weight excluding hydrogens is 247 g/mol. The molecule has 3 rings (SSSR count). The van der Waals surface area contributed by atoms with Crippen molar-refractivity contribution in [1.29, 1.82) is 0 Å². The van der Waals surface area contributed by atoms with E-state index in [0.29, 0.717) is 0 Å². The number of allylic oxidation sites excluding steroid dienone is 4. The first kappa shape index (κ1) is 12.4. The maximum Gasteiger partial charge on any atom is 0.105 e. The molecule has 94 valence electrons. The number of hydrogen-bond donors (Lipinski definition) is 0. The zero-order valence-electron chi connectivity index (χ0n) is 11.2. The smallest absolute Gasteiger partial charge is 0.0766 e. The van der Waals surface area contributed by atoms with E-state index in [2.05, 4.69) is 85.6 Å². The molecule has 0 saturated carbocycles. The molecule has 0 aliphatic heterocycles. The second-order valence-corrected chi connectivity index (χ2v) is 8.59. The molecule has 0 unspecified atom stereocenters. The van der Waals surface area contributed by atoms with Gasteiger partial charge in [0, 0.05) is 6.42 Å². The molecule has 0 N–H and O–H groups in total. The molecule has 0 spiro atoms. The van der Waals surface area contributed by atoms with Gasteiger partial charge in [-0.15, -0.1) is 0 Å². The van der Waals surface area contributed by atoms with Gasteiger partial charge in [-0.2, -0.15) is 0 Å². The molecule has 1 aliphatic carbocycles. The highest BCUT2D eigenvalue weighted by molar-refractivity contribution is 7.92. The Hall–Kier alpha value is -1.65. The summed E-state index contributed by atoms with van der Waals surface area (Å²) < 4.78 is 0. The molecule has 2 aromatic rings. The van der Waals surface area contributed by atoms with Crippen molar-refractivity contribution in [3.05, 3.63) is 84.2 Å². The maximum atomic E-state index is 2.44. The molecule has 0 bridgehead atoms. The van der Waals surface area contributed by atoms with Crippen LogP contribution in [0.25, 0.3) is 0 Å². The number of rotatable bonds is 3. The SMILES string of the molecule is C[P+](C1=CC=CC1)(c1ccccc1)c1ccccc1. The van der Waals surface area contributed by atoms with Crippen LogP contribution in [0.5, 0.6) is 0 Å². The van der Waals surface area contributed by atoms with Crippen LogP contribution in [-0.4, -0.2) is 6.66 Å². The van der Waals surface area contributed by atoms with Gasteiger partial charge in [0.25, 0.3) is 0 Å². The van der Waals surface area contributed by atoms with Crippen molar-refractivity contribution in [3.8, 4) is 0 Å². The van der Waals surface area contributed by atoms with Crippen LogP contribution < -0.4 is 10.6 Å². The van der Waals surface area contributed by atoms with E-state index in [1.807, 2.05) is 0 Å². The largest absolute Gasteiger partial charge is 0.105 e. The third kappa shape index (κ3) is 2.17. The molecular formula is C18H18P+. The first-order chi connectivity index (χ1) is 9.32. The predicted octanol–water partition coefficient (Wildman–Crippen LogP) is 4.13. The Bertz CT molecular complexity index is 569. The Morgan fingerprint density at radius 2 is 1.32 bits per heavy atom. The molecule has 2 aromatic carbocycles. The fourth-order valence-corrected chi connectivity index (χ4v) is 6.05. The lowest BCUT2D eigenvalue weighted by Gasteiger charge is -2.24. The molecule has 1 aliphatic rings. The normalized spacial score (nSPS) is 14.5. The lowest BCUT2D eigenvalue weighted by atomic mass is 10.4. The lowest BCUT2D eigenvalue weighted by Crippen LogP contribution is -2.22. The fourth-order valence-electron chi connectivity index (χ4n) is 2.70. The average Bonchev–Trinajstić information content (AvgIpc) is 3.03. The van der Waals surface area contributed by atoms with Crippen molar-refractivity contribution in [2.45, 2.75) is 6.42 Å². The second-order valence-electron chi connectivity index (χ2n) is 4.97. The molecule has 0 fully saturated rings. The minimum atomic E-state index is -1.42. The Kier molecular flexibility index (Phi) is 3.36. The highest BCUT2D eigenvalue weighted by Gasteiger charge is 2.41. The van der Waals surface area contributed by atoms with Gasteiger partial charge in [-0.3, -0.25) is 0 Å². The van der Waals surface area contributed by atoms with Gasteiger partial charge in [-0.1, -0.05) is 48.6 Å². The first-order valence-electron chi connectivity index (χ1n) is 6.66. The van der Waals surface area contributed by atoms with Crippen molar-refractivity contribution in [2.75, 3.05) is 6.66 Å². The third-order valence-corrected chi connectivity index (χ3v) is 8.01. The molecule has 0 heterocycles. The summed E-state index contributed by atoms with van der Waals surface area (Å²) in [5.74, 6) is 0. The van der Waals surface area contributed by atoms with Crippen molar-refractivity contribution in [2.24, 2.45) is 0 Å². The quantitative estimate of drug-likeness (QED) is 0.732. The van der Waals surface area contributed by atoms with E-state index in [1.54, 1.807) is 5.31 Å². The summed E-state index contributed by atoms with van der Waals surface area (Å²) in [6, 6.07) is 21.9. The number of hydrogen-bond acceptors (Lipinski definition) is 0. The van der Waals surface area contributed by atoms with Crippen molar-refractivity contribution >= 4 is 17.9 Å². The average molecular weight is 265 g/mol. The van der Waals surface area contributed by atoms with Gasteiger partial charge < -0.3 is 0 Å². The number of benzene rings is 2. The van der Waals surface area contributed by atoms with E-state index in [9.17, 15) is 0 Å². The van der Waals surface area contributed by atoms with E-state index < -0.39 is 7.26 Å². The predicted molar refractivity (Wildman–Crippen MR) is 86.8 cm³/mol. The molecule has 19 heavy (non-hydrogen) atoms. The summed E-state index contributed by atoms with van der Waals surface area (Å²) in [7, 11) is -1.42. The van der Waals surface area contributed by atoms with E-state index in [4.69, 9.17) is 0 Å². The molecule has 0 saturated heterocycles. The molecule has 0 radical (unpaired) electrons. The van der Waals surface area contributed by atoms with Gasteiger partial charge in [-0.05, 0) is 30.3 Å². The summed E-state index contributed by atoms with van der Waals surface area (Å²) in [6.45, 7) is 2.44. The molecule has 0 nitrogen and oxygen atoms in total. The van der Waals surface area contributed by atoms with Crippen LogP contribution in [0, 0.1) is 0 Å². The highest BCUT2D eigenvalue weighted by atomic mass is 31.2. The molecule has 0 amide bonds. The van der Waals surface area contributed by atoms with Gasteiger partial charge in [0.2, 0.25) is 0 Å². The van der Waals surface area contributed by atoms with Crippen molar-refractivity contribution in [1.82, 2.24) is 0 Å². The lowest BCUT2D eigenvalue weighted by molar-refractivity contribution is 1.40. The van der Waals surface area contributed by atoms with Gasteiger partial charge in [0.15, 0.2) is 0 Å². The highest BCUT2D eigenvalue weighted by Crippen LogP contribution is 2.62. The van der Waals surface area contributed by atoms with Crippen molar-refractivity contribution in [3.63, 3.8) is 0 Å². The molecule has 0 atom stereocenters. The van der Waals surface area contributed by atoms with Crippen LogP contribution in [0.15, 0.2) is 84.2 Å². The Morgan fingerprint density at radius 1 is 0.789 bits per heavy atom. The Morgan fingerprint density at radius 3 is 1.74 bits per heavy atom. The summed E-state index contributed by atoms with van der Waals surface area (Å²) >= 11 is 0. The van der Waals surface area contributed by atoms with Crippen LogP contribution in [0.3, 0.4) is 0 Å². The van der Waals surface area contributed by atoms with Gasteiger partial charge >= 0.3 is 0 Å². The summed E-state index contributed by atoms with van der Waals surface area (Å²) in [5, 5.41) is 4.51. The topological polar surface area (TPSA) is 0 Å². The van der Waals surface area contributed by atoms with E-state index in [-0.39, 0.29) is 0 Å². The first-order valence-corrected chi connectivity index (χ1v) is 8.89. The standard InChI is InChI=1S/C18H18P/c1-19(18-14-8-9-15-18,16-10-4-2-5-11-16)17-12-6-3-7-13-17/h2-14H,15H2,1H3/q+1. The van der Waals surface area contributed by atoms with Crippen LogP contribution in [-0.2, 0) is 0 Å².